The van der Waals surface area contributed by atoms with Crippen LogP contribution in [0.15, 0.2) is 48.7 Å². The van der Waals surface area contributed by atoms with Gasteiger partial charge in [0.1, 0.15) is 11.9 Å². The van der Waals surface area contributed by atoms with Crippen LogP contribution < -0.4 is 5.32 Å². The van der Waals surface area contributed by atoms with E-state index in [-0.39, 0.29) is 47.8 Å². The summed E-state index contributed by atoms with van der Waals surface area (Å²) in [6.07, 6.45) is 9.07. The zero-order chi connectivity index (χ0) is 25.2. The Balaban J connectivity index is 1.34. The monoisotopic (exact) mass is 492 g/mol. The van der Waals surface area contributed by atoms with E-state index in [1.165, 1.54) is 12.1 Å². The Hall–Kier alpha value is -3.22. The van der Waals surface area contributed by atoms with E-state index in [2.05, 4.69) is 16.4 Å². The molecule has 190 valence electrons. The van der Waals surface area contributed by atoms with Crippen molar-refractivity contribution in [3.05, 3.63) is 60.2 Å². The molecule has 7 heteroatoms. The zero-order valence-corrected chi connectivity index (χ0v) is 20.7. The Kier molecular flexibility index (Phi) is 7.08. The van der Waals surface area contributed by atoms with Crippen molar-refractivity contribution in [2.45, 2.75) is 51.7 Å². The SMILES string of the molecule is CCOC(=O)N[C@H]1CC[C@H]2[C@H](C1)C[C@H]1C(=O)O[C@H](C)[C@@H]1[C@@H]2C=Cc1ccc(-c2cccc(F)c2)cn1. The van der Waals surface area contributed by atoms with Crippen molar-refractivity contribution in [2.75, 3.05) is 6.61 Å². The predicted molar refractivity (Wildman–Crippen MR) is 134 cm³/mol. The molecule has 1 aliphatic heterocycles. The maximum Gasteiger partial charge on any atom is 0.407 e. The molecule has 1 saturated heterocycles. The van der Waals surface area contributed by atoms with Gasteiger partial charge in [0.15, 0.2) is 0 Å². The van der Waals surface area contributed by atoms with Crippen LogP contribution in [0.1, 0.15) is 45.2 Å². The molecular weight excluding hydrogens is 459 g/mol. The summed E-state index contributed by atoms with van der Waals surface area (Å²) in [7, 11) is 0. The fourth-order valence-corrected chi connectivity index (χ4v) is 6.64. The molecule has 0 bridgehead atoms. The lowest BCUT2D eigenvalue weighted by atomic mass is 9.57. The molecule has 2 saturated carbocycles. The van der Waals surface area contributed by atoms with Crippen LogP contribution in [-0.4, -0.2) is 35.8 Å². The zero-order valence-electron chi connectivity index (χ0n) is 20.7. The van der Waals surface area contributed by atoms with Gasteiger partial charge in [-0.25, -0.2) is 9.18 Å². The predicted octanol–water partition coefficient (Wildman–Crippen LogP) is 5.63. The van der Waals surface area contributed by atoms with Crippen LogP contribution in [-0.2, 0) is 14.3 Å². The molecule has 0 spiro atoms. The molecule has 1 aromatic carbocycles. The Morgan fingerprint density at radius 2 is 2.08 bits per heavy atom. The number of hydrogen-bond donors (Lipinski definition) is 1. The quantitative estimate of drug-likeness (QED) is 0.548. The lowest BCUT2D eigenvalue weighted by Crippen LogP contribution is -2.48. The van der Waals surface area contributed by atoms with Gasteiger partial charge in [-0.05, 0) is 87.1 Å². The van der Waals surface area contributed by atoms with E-state index in [4.69, 9.17) is 9.47 Å². The third kappa shape index (κ3) is 5.01. The number of benzene rings is 1. The summed E-state index contributed by atoms with van der Waals surface area (Å²) in [6, 6.07) is 10.4. The number of fused-ring (bicyclic) bond motifs is 2. The van der Waals surface area contributed by atoms with E-state index in [0.29, 0.717) is 18.4 Å². The largest absolute Gasteiger partial charge is 0.462 e. The highest BCUT2D eigenvalue weighted by Gasteiger charge is 2.54. The van der Waals surface area contributed by atoms with Gasteiger partial charge in [-0.15, -0.1) is 0 Å². The van der Waals surface area contributed by atoms with E-state index in [9.17, 15) is 14.0 Å². The van der Waals surface area contributed by atoms with Gasteiger partial charge in [0.05, 0.1) is 18.2 Å². The van der Waals surface area contributed by atoms with Crippen LogP contribution in [0, 0.1) is 35.4 Å². The summed E-state index contributed by atoms with van der Waals surface area (Å²) in [4.78, 5) is 29.2. The highest BCUT2D eigenvalue weighted by molar-refractivity contribution is 5.75. The molecule has 2 aliphatic carbocycles. The molecule has 0 radical (unpaired) electrons. The number of esters is 1. The van der Waals surface area contributed by atoms with Crippen LogP contribution in [0.25, 0.3) is 17.2 Å². The second-order valence-electron chi connectivity index (χ2n) is 10.3. The maximum atomic E-state index is 13.6. The fraction of sp³-hybridized carbons (Fsp3) is 0.483. The fourth-order valence-electron chi connectivity index (χ4n) is 6.64. The van der Waals surface area contributed by atoms with Crippen LogP contribution in [0.5, 0.6) is 0 Å². The summed E-state index contributed by atoms with van der Waals surface area (Å²) in [5.41, 5.74) is 2.48. The number of nitrogens with one attached hydrogen (secondary N) is 1. The number of pyridine rings is 1. The average Bonchev–Trinajstić information content (AvgIpc) is 3.15. The second-order valence-corrected chi connectivity index (χ2v) is 10.3. The number of halogens is 1. The number of carbonyl (C=O) groups is 2. The van der Waals surface area contributed by atoms with Crippen LogP contribution in [0.2, 0.25) is 0 Å². The van der Waals surface area contributed by atoms with E-state index in [0.717, 1.165) is 42.5 Å². The number of aromatic nitrogens is 1. The van der Waals surface area contributed by atoms with E-state index in [1.54, 1.807) is 19.2 Å². The number of carbonyl (C=O) groups excluding carboxylic acids is 2. The van der Waals surface area contributed by atoms with E-state index >= 15 is 0 Å². The van der Waals surface area contributed by atoms with Crippen molar-refractivity contribution in [3.8, 4) is 11.1 Å². The highest BCUT2D eigenvalue weighted by Crippen LogP contribution is 2.53. The van der Waals surface area contributed by atoms with Crippen molar-refractivity contribution in [2.24, 2.45) is 29.6 Å². The molecule has 2 aromatic rings. The molecule has 7 atom stereocenters. The second kappa shape index (κ2) is 10.4. The topological polar surface area (TPSA) is 77.5 Å². The average molecular weight is 493 g/mol. The molecule has 1 amide bonds. The Morgan fingerprint density at radius 3 is 2.83 bits per heavy atom. The minimum Gasteiger partial charge on any atom is -0.462 e. The van der Waals surface area contributed by atoms with E-state index < -0.39 is 0 Å². The minimum absolute atomic E-state index is 0.0679. The number of hydrogen-bond acceptors (Lipinski definition) is 5. The van der Waals surface area contributed by atoms with E-state index in [1.807, 2.05) is 31.2 Å². The molecule has 5 rings (SSSR count). The number of amides is 1. The smallest absolute Gasteiger partial charge is 0.407 e. The number of cyclic esters (lactones) is 1. The maximum absolute atomic E-state index is 13.6. The third-order valence-electron chi connectivity index (χ3n) is 8.18. The number of ether oxygens (including phenoxy) is 2. The number of alkyl carbamates (subject to hydrolysis) is 1. The number of nitrogens with zero attached hydrogens (tertiary/aromatic N) is 1. The summed E-state index contributed by atoms with van der Waals surface area (Å²) in [5, 5.41) is 3.00. The molecule has 0 unspecified atom stereocenters. The van der Waals surface area contributed by atoms with Gasteiger partial charge < -0.3 is 14.8 Å². The van der Waals surface area contributed by atoms with Crippen LogP contribution in [0.3, 0.4) is 0 Å². The molecule has 1 N–H and O–H groups in total. The Morgan fingerprint density at radius 1 is 1.22 bits per heavy atom. The Labute approximate surface area is 211 Å². The minimum atomic E-state index is -0.368. The van der Waals surface area contributed by atoms with Crippen molar-refractivity contribution in [1.29, 1.82) is 0 Å². The first kappa shape index (κ1) is 24.5. The van der Waals surface area contributed by atoms with Crippen molar-refractivity contribution in [3.63, 3.8) is 0 Å². The molecule has 2 heterocycles. The highest BCUT2D eigenvalue weighted by atomic mass is 19.1. The molecule has 3 fully saturated rings. The summed E-state index contributed by atoms with van der Waals surface area (Å²) < 4.78 is 24.3. The van der Waals surface area contributed by atoms with Gasteiger partial charge in [-0.3, -0.25) is 9.78 Å². The first-order valence-corrected chi connectivity index (χ1v) is 13.0. The lowest BCUT2D eigenvalue weighted by Gasteiger charge is -2.47. The van der Waals surface area contributed by atoms with Gasteiger partial charge in [-0.2, -0.15) is 0 Å². The summed E-state index contributed by atoms with van der Waals surface area (Å²) in [6.45, 7) is 4.15. The third-order valence-corrected chi connectivity index (χ3v) is 8.18. The van der Waals surface area contributed by atoms with Gasteiger partial charge in [0, 0.05) is 23.7 Å². The summed E-state index contributed by atoms with van der Waals surface area (Å²) in [5.74, 6) is 0.629. The van der Waals surface area contributed by atoms with Crippen molar-refractivity contribution in [1.82, 2.24) is 10.3 Å². The number of allylic oxidation sites excluding steroid dienone is 1. The lowest BCUT2D eigenvalue weighted by molar-refractivity contribution is -0.144. The van der Waals surface area contributed by atoms with Crippen molar-refractivity contribution >= 4 is 18.1 Å². The standard InChI is InChI=1S/C29H33FN2O4/c1-3-35-29(34)32-23-10-11-24-20(14-23)15-26-27(17(2)36-28(26)33)25(24)12-9-22-8-7-19(16-31-22)18-5-4-6-21(30)13-18/h4-9,12-13,16-17,20,23-27H,3,10-11,14-15H2,1-2H3,(H,32,34)/t17-,20-,23+,24+,25-,26-,27-/m1/s1. The van der Waals surface area contributed by atoms with Gasteiger partial charge in [0.25, 0.3) is 0 Å². The summed E-state index contributed by atoms with van der Waals surface area (Å²) >= 11 is 0. The molecule has 6 nitrogen and oxygen atoms in total. The Bertz CT molecular complexity index is 1130. The molecular formula is C29H33FN2O4. The molecule has 36 heavy (non-hydrogen) atoms. The van der Waals surface area contributed by atoms with Gasteiger partial charge in [0.2, 0.25) is 0 Å². The molecule has 3 aliphatic rings. The van der Waals surface area contributed by atoms with Crippen LogP contribution >= 0.6 is 0 Å². The van der Waals surface area contributed by atoms with Crippen molar-refractivity contribution < 1.29 is 23.5 Å². The van der Waals surface area contributed by atoms with Gasteiger partial charge >= 0.3 is 12.1 Å². The van der Waals surface area contributed by atoms with Gasteiger partial charge in [-0.1, -0.05) is 24.3 Å². The normalized spacial score (nSPS) is 31.4. The first-order chi connectivity index (χ1) is 17.4. The molecule has 1 aromatic heterocycles. The first-order valence-electron chi connectivity index (χ1n) is 13.0. The number of rotatable bonds is 5. The van der Waals surface area contributed by atoms with Crippen LogP contribution in [0.4, 0.5) is 9.18 Å².